The zero-order valence-electron chi connectivity index (χ0n) is 12.3. The first kappa shape index (κ1) is 17.1. The van der Waals surface area contributed by atoms with Crippen LogP contribution < -0.4 is 5.32 Å². The molecule has 1 fully saturated rings. The summed E-state index contributed by atoms with van der Waals surface area (Å²) in [5, 5.41) is 11.4. The normalized spacial score (nSPS) is 18.3. The zero-order chi connectivity index (χ0) is 16.0. The van der Waals surface area contributed by atoms with Crippen LogP contribution in [0.25, 0.3) is 0 Å². The van der Waals surface area contributed by atoms with E-state index < -0.39 is 5.97 Å². The molecular formula is C15H21NO5. The van der Waals surface area contributed by atoms with E-state index in [2.05, 4.69) is 5.32 Å². The topological polar surface area (TPSA) is 101 Å². The molecule has 6 nitrogen and oxygen atoms in total. The van der Waals surface area contributed by atoms with Crippen molar-refractivity contribution in [3.8, 4) is 0 Å². The summed E-state index contributed by atoms with van der Waals surface area (Å²) < 4.78 is 0. The average Bonchev–Trinajstić information content (AvgIpc) is 2.31. The van der Waals surface area contributed by atoms with Crippen LogP contribution >= 0.6 is 0 Å². The first-order chi connectivity index (χ1) is 9.77. The molecule has 1 heterocycles. The Bertz CT molecular complexity index is 464. The Morgan fingerprint density at radius 3 is 2.33 bits per heavy atom. The smallest absolute Gasteiger partial charge is 0.331 e. The van der Waals surface area contributed by atoms with Crippen molar-refractivity contribution in [3.63, 3.8) is 0 Å². The van der Waals surface area contributed by atoms with Gasteiger partial charge in [0.25, 0.3) is 0 Å². The van der Waals surface area contributed by atoms with Gasteiger partial charge in [0.15, 0.2) is 0 Å². The van der Waals surface area contributed by atoms with E-state index in [0.29, 0.717) is 19.3 Å². The number of carboxylic acids is 1. The molecule has 0 radical (unpaired) electrons. The molecule has 1 rings (SSSR count). The lowest BCUT2D eigenvalue weighted by Crippen LogP contribution is -2.38. The number of allylic oxidation sites excluding steroid dienone is 1. The molecule has 1 atom stereocenters. The van der Waals surface area contributed by atoms with Crippen molar-refractivity contribution >= 4 is 23.6 Å². The maximum atomic E-state index is 11.3. The summed E-state index contributed by atoms with van der Waals surface area (Å²) >= 11 is 0. The SMILES string of the molecule is CC(=O)CC(C)C/C(=C\CC1CC(=O)NC(=O)C1)C(=O)O. The van der Waals surface area contributed by atoms with Gasteiger partial charge in [-0.25, -0.2) is 4.79 Å². The van der Waals surface area contributed by atoms with Gasteiger partial charge in [0, 0.05) is 24.8 Å². The third-order valence-corrected chi connectivity index (χ3v) is 3.40. The molecule has 0 spiro atoms. The van der Waals surface area contributed by atoms with Crippen LogP contribution in [0.2, 0.25) is 0 Å². The summed E-state index contributed by atoms with van der Waals surface area (Å²) in [7, 11) is 0. The quantitative estimate of drug-likeness (QED) is 0.547. The van der Waals surface area contributed by atoms with Crippen molar-refractivity contribution in [2.75, 3.05) is 0 Å². The fourth-order valence-electron chi connectivity index (χ4n) is 2.53. The van der Waals surface area contributed by atoms with Crippen LogP contribution in [-0.4, -0.2) is 28.7 Å². The molecule has 21 heavy (non-hydrogen) atoms. The number of rotatable bonds is 7. The summed E-state index contributed by atoms with van der Waals surface area (Å²) in [5.41, 5.74) is 0.238. The van der Waals surface area contributed by atoms with Crippen LogP contribution in [0.5, 0.6) is 0 Å². The minimum atomic E-state index is -1.02. The van der Waals surface area contributed by atoms with E-state index in [-0.39, 0.29) is 47.8 Å². The number of nitrogens with one attached hydrogen (secondary N) is 1. The molecule has 0 aromatic rings. The van der Waals surface area contributed by atoms with Gasteiger partial charge >= 0.3 is 5.97 Å². The molecule has 116 valence electrons. The fourth-order valence-corrected chi connectivity index (χ4v) is 2.53. The standard InChI is InChI=1S/C15H21NO5/c1-9(5-10(2)17)6-12(15(20)21)4-3-11-7-13(18)16-14(19)8-11/h4,9,11H,3,5-8H2,1-2H3,(H,20,21)(H,16,18,19)/b12-4+. The Morgan fingerprint density at radius 1 is 1.29 bits per heavy atom. The van der Waals surface area contributed by atoms with Gasteiger partial charge in [0.2, 0.25) is 11.8 Å². The molecule has 0 saturated carbocycles. The molecule has 0 aromatic carbocycles. The minimum absolute atomic E-state index is 0.0294. The fraction of sp³-hybridized carbons (Fsp3) is 0.600. The molecule has 0 aliphatic carbocycles. The van der Waals surface area contributed by atoms with Crippen molar-refractivity contribution in [1.29, 1.82) is 0 Å². The van der Waals surface area contributed by atoms with Gasteiger partial charge < -0.3 is 9.90 Å². The molecule has 1 saturated heterocycles. The minimum Gasteiger partial charge on any atom is -0.478 e. The largest absolute Gasteiger partial charge is 0.478 e. The van der Waals surface area contributed by atoms with Gasteiger partial charge in [0.1, 0.15) is 5.78 Å². The Hall–Kier alpha value is -1.98. The summed E-state index contributed by atoms with van der Waals surface area (Å²) in [6, 6.07) is 0. The Kier molecular flexibility index (Phi) is 6.27. The maximum Gasteiger partial charge on any atom is 0.331 e. The van der Waals surface area contributed by atoms with Gasteiger partial charge in [-0.05, 0) is 31.6 Å². The van der Waals surface area contributed by atoms with Crippen molar-refractivity contribution in [2.45, 2.75) is 46.0 Å². The van der Waals surface area contributed by atoms with Gasteiger partial charge in [0.05, 0.1) is 0 Å². The lowest BCUT2D eigenvalue weighted by atomic mass is 9.90. The van der Waals surface area contributed by atoms with Crippen LogP contribution in [0.1, 0.15) is 46.0 Å². The molecule has 1 aliphatic rings. The Labute approximate surface area is 123 Å². The molecule has 6 heteroatoms. The van der Waals surface area contributed by atoms with Crippen molar-refractivity contribution < 1.29 is 24.3 Å². The summed E-state index contributed by atoms with van der Waals surface area (Å²) in [6.45, 7) is 3.31. The second kappa shape index (κ2) is 7.71. The number of ketones is 1. The van der Waals surface area contributed by atoms with E-state index in [0.717, 1.165) is 0 Å². The maximum absolute atomic E-state index is 11.3. The number of carbonyl (C=O) groups excluding carboxylic acids is 3. The number of carboxylic acid groups (broad SMARTS) is 1. The predicted molar refractivity (Wildman–Crippen MR) is 75.3 cm³/mol. The van der Waals surface area contributed by atoms with Crippen LogP contribution in [0.15, 0.2) is 11.6 Å². The van der Waals surface area contributed by atoms with Crippen LogP contribution in [-0.2, 0) is 19.2 Å². The highest BCUT2D eigenvalue weighted by Gasteiger charge is 2.24. The molecule has 2 N–H and O–H groups in total. The van der Waals surface area contributed by atoms with Gasteiger partial charge in [-0.15, -0.1) is 0 Å². The molecule has 2 amide bonds. The zero-order valence-corrected chi connectivity index (χ0v) is 12.3. The monoisotopic (exact) mass is 295 g/mol. The third-order valence-electron chi connectivity index (χ3n) is 3.40. The van der Waals surface area contributed by atoms with Crippen molar-refractivity contribution in [2.24, 2.45) is 11.8 Å². The van der Waals surface area contributed by atoms with Gasteiger partial charge in [-0.3, -0.25) is 14.9 Å². The molecule has 1 unspecified atom stereocenters. The van der Waals surface area contributed by atoms with Gasteiger partial charge in [-0.1, -0.05) is 13.0 Å². The van der Waals surface area contributed by atoms with Crippen molar-refractivity contribution in [1.82, 2.24) is 5.32 Å². The van der Waals surface area contributed by atoms with E-state index in [4.69, 9.17) is 0 Å². The Balaban J connectivity index is 2.63. The lowest BCUT2D eigenvalue weighted by Gasteiger charge is -2.19. The molecule has 0 bridgehead atoms. The lowest BCUT2D eigenvalue weighted by molar-refractivity contribution is -0.135. The second-order valence-corrected chi connectivity index (χ2v) is 5.73. The third kappa shape index (κ3) is 6.33. The molecular weight excluding hydrogens is 274 g/mol. The summed E-state index contributed by atoms with van der Waals surface area (Å²) in [5.74, 6) is -1.80. The highest BCUT2D eigenvalue weighted by molar-refractivity contribution is 5.97. The van der Waals surface area contributed by atoms with Crippen LogP contribution in [0.4, 0.5) is 0 Å². The van der Waals surface area contributed by atoms with E-state index in [1.54, 1.807) is 6.08 Å². The average molecular weight is 295 g/mol. The van der Waals surface area contributed by atoms with Crippen LogP contribution in [0.3, 0.4) is 0 Å². The molecule has 0 aromatic heterocycles. The van der Waals surface area contributed by atoms with E-state index >= 15 is 0 Å². The first-order valence-electron chi connectivity index (χ1n) is 7.02. The van der Waals surface area contributed by atoms with Crippen molar-refractivity contribution in [3.05, 3.63) is 11.6 Å². The number of Topliss-reactive ketones (excluding diaryl/α,β-unsaturated/α-hetero) is 1. The number of hydrogen-bond donors (Lipinski definition) is 2. The Morgan fingerprint density at radius 2 is 1.86 bits per heavy atom. The molecule has 1 aliphatic heterocycles. The second-order valence-electron chi connectivity index (χ2n) is 5.73. The predicted octanol–water partition coefficient (Wildman–Crippen LogP) is 1.45. The van der Waals surface area contributed by atoms with E-state index in [1.807, 2.05) is 6.92 Å². The first-order valence-corrected chi connectivity index (χ1v) is 7.02. The number of carbonyl (C=O) groups is 4. The highest BCUT2D eigenvalue weighted by atomic mass is 16.4. The van der Waals surface area contributed by atoms with E-state index in [9.17, 15) is 24.3 Å². The number of amides is 2. The number of aliphatic carboxylic acids is 1. The van der Waals surface area contributed by atoms with Crippen LogP contribution in [0, 0.1) is 11.8 Å². The number of hydrogen-bond acceptors (Lipinski definition) is 4. The summed E-state index contributed by atoms with van der Waals surface area (Å²) in [6.07, 6.45) is 3.08. The van der Waals surface area contributed by atoms with E-state index in [1.165, 1.54) is 6.92 Å². The van der Waals surface area contributed by atoms with Gasteiger partial charge in [-0.2, -0.15) is 0 Å². The number of piperidine rings is 1. The number of imide groups is 1. The highest BCUT2D eigenvalue weighted by Crippen LogP contribution is 2.22. The summed E-state index contributed by atoms with van der Waals surface area (Å²) in [4.78, 5) is 44.8.